The van der Waals surface area contributed by atoms with Crippen molar-refractivity contribution >= 4 is 20.6 Å². The molecule has 3 heterocycles. The highest BCUT2D eigenvalue weighted by Gasteiger charge is 2.18. The third-order valence-electron chi connectivity index (χ3n) is 5.57. The Hall–Kier alpha value is -3.97. The molecule has 5 rings (SSSR count). The fourth-order valence-electron chi connectivity index (χ4n) is 3.90. The van der Waals surface area contributed by atoms with Crippen LogP contribution in [0.2, 0.25) is 0 Å². The fourth-order valence-corrected chi connectivity index (χ4v) is 5.21. The second-order valence-electron chi connectivity index (χ2n) is 7.77. The first-order valence-electron chi connectivity index (χ1n) is 10.4. The summed E-state index contributed by atoms with van der Waals surface area (Å²) in [5.74, 6) is -0.172. The minimum atomic E-state index is -3.54. The summed E-state index contributed by atoms with van der Waals surface area (Å²) in [4.78, 5) is 16.8. The Morgan fingerprint density at radius 3 is 2.33 bits per heavy atom. The topological polar surface area (TPSA) is 85.7 Å². The minimum absolute atomic E-state index is 0.172. The molecule has 0 aliphatic heterocycles. The van der Waals surface area contributed by atoms with Crippen molar-refractivity contribution in [1.29, 1.82) is 0 Å². The summed E-state index contributed by atoms with van der Waals surface area (Å²) in [5, 5.41) is 1.72. The molecule has 2 aromatic carbocycles. The van der Waals surface area contributed by atoms with E-state index in [1.54, 1.807) is 43.0 Å². The molecular weight excluding hydrogens is 432 g/mol. The molecule has 0 atom stereocenters. The van der Waals surface area contributed by atoms with Crippen LogP contribution in [0.3, 0.4) is 0 Å². The van der Waals surface area contributed by atoms with Gasteiger partial charge in [-0.3, -0.25) is 9.97 Å². The van der Waals surface area contributed by atoms with Crippen LogP contribution < -0.4 is 0 Å². The highest BCUT2D eigenvalue weighted by atomic mass is 32.2. The second-order valence-corrected chi connectivity index (χ2v) is 9.76. The monoisotopic (exact) mass is 452 g/mol. The van der Waals surface area contributed by atoms with Crippen LogP contribution in [0.25, 0.3) is 33.2 Å². The van der Waals surface area contributed by atoms with Gasteiger partial charge in [-0.15, -0.1) is 0 Å². The van der Waals surface area contributed by atoms with Crippen molar-refractivity contribution in [2.24, 2.45) is 0 Å². The lowest BCUT2D eigenvalue weighted by Crippen LogP contribution is -2.06. The Kier molecular flexibility index (Phi) is 5.40. The Bertz CT molecular complexity index is 1550. The van der Waals surface area contributed by atoms with E-state index in [0.717, 1.165) is 38.7 Å². The normalized spacial score (nSPS) is 11.5. The molecule has 0 fully saturated rings. The first-order chi connectivity index (χ1) is 16.0. The summed E-state index contributed by atoms with van der Waals surface area (Å²) in [7, 11) is -3.54. The number of aromatic nitrogens is 4. The molecule has 7 heteroatoms. The number of pyridine rings is 2. The predicted octanol–water partition coefficient (Wildman–Crippen LogP) is 5.04. The predicted molar refractivity (Wildman–Crippen MR) is 128 cm³/mol. The lowest BCUT2D eigenvalue weighted by Gasteiger charge is -2.12. The fraction of sp³-hybridized carbons (Fsp3) is 0.0769. The van der Waals surface area contributed by atoms with Crippen molar-refractivity contribution in [3.05, 3.63) is 103 Å². The van der Waals surface area contributed by atoms with Crippen LogP contribution in [0.4, 0.5) is 0 Å². The molecule has 33 heavy (non-hydrogen) atoms. The number of hydrogen-bond donors (Lipinski definition) is 0. The lowest BCUT2D eigenvalue weighted by molar-refractivity contribution is 0.594. The van der Waals surface area contributed by atoms with Gasteiger partial charge in [-0.05, 0) is 65.4 Å². The third-order valence-corrected chi connectivity index (χ3v) is 7.22. The molecule has 0 N–H and O–H groups in total. The molecule has 0 aliphatic carbocycles. The van der Waals surface area contributed by atoms with Crippen molar-refractivity contribution < 1.29 is 8.42 Å². The summed E-state index contributed by atoms with van der Waals surface area (Å²) < 4.78 is 25.9. The van der Waals surface area contributed by atoms with Crippen LogP contribution in [0.15, 0.2) is 96.7 Å². The van der Waals surface area contributed by atoms with Crippen LogP contribution >= 0.6 is 0 Å². The third kappa shape index (κ3) is 4.23. The number of fused-ring (bicyclic) bond motifs is 1. The molecule has 0 saturated carbocycles. The highest BCUT2D eigenvalue weighted by Crippen LogP contribution is 2.33. The van der Waals surface area contributed by atoms with Crippen LogP contribution in [-0.4, -0.2) is 28.4 Å². The average Bonchev–Trinajstić information content (AvgIpc) is 2.84. The Balaban J connectivity index is 1.53. The highest BCUT2D eigenvalue weighted by molar-refractivity contribution is 7.90. The lowest BCUT2D eigenvalue weighted by atomic mass is 9.96. The van der Waals surface area contributed by atoms with Gasteiger partial charge in [0.05, 0.1) is 22.0 Å². The van der Waals surface area contributed by atoms with E-state index in [4.69, 9.17) is 0 Å². The van der Waals surface area contributed by atoms with E-state index in [0.29, 0.717) is 5.69 Å². The van der Waals surface area contributed by atoms with Crippen LogP contribution in [-0.2, 0) is 15.6 Å². The molecule has 0 saturated heterocycles. The van der Waals surface area contributed by atoms with E-state index in [2.05, 4.69) is 45.1 Å². The molecule has 3 aromatic heterocycles. The van der Waals surface area contributed by atoms with Crippen LogP contribution in [0, 0.1) is 6.92 Å². The van der Waals surface area contributed by atoms with Crippen molar-refractivity contribution in [2.75, 3.05) is 0 Å². The van der Waals surface area contributed by atoms with Gasteiger partial charge < -0.3 is 0 Å². The largest absolute Gasteiger partial charge is 0.265 e. The summed E-state index contributed by atoms with van der Waals surface area (Å²) in [5.41, 5.74) is 5.59. The molecule has 0 amide bonds. The van der Waals surface area contributed by atoms with Gasteiger partial charge in [-0.2, -0.15) is 0 Å². The van der Waals surface area contributed by atoms with Gasteiger partial charge in [0, 0.05) is 35.7 Å². The van der Waals surface area contributed by atoms with E-state index in [-0.39, 0.29) is 10.6 Å². The maximum absolute atomic E-state index is 12.9. The first-order valence-corrected chi connectivity index (χ1v) is 12.0. The zero-order chi connectivity index (χ0) is 22.8. The Morgan fingerprint density at radius 2 is 1.58 bits per heavy atom. The Morgan fingerprint density at radius 1 is 0.758 bits per heavy atom. The van der Waals surface area contributed by atoms with Gasteiger partial charge in [0.1, 0.15) is 6.33 Å². The van der Waals surface area contributed by atoms with Gasteiger partial charge in [0.2, 0.25) is 0 Å². The molecule has 0 aliphatic rings. The van der Waals surface area contributed by atoms with Gasteiger partial charge in [-0.25, -0.2) is 18.4 Å². The van der Waals surface area contributed by atoms with E-state index in [9.17, 15) is 8.42 Å². The Labute approximate surface area is 192 Å². The van der Waals surface area contributed by atoms with E-state index >= 15 is 0 Å². The standard InChI is InChI=1S/C26H20N4O2S/c1-18-14-20(19-6-10-27-11-7-19)2-4-24(18)26-25-5-3-23(15-21(25)8-13-29-26)33(31,32)16-22-9-12-28-17-30-22/h2-15,17H,16H2,1H3. The quantitative estimate of drug-likeness (QED) is 0.372. The van der Waals surface area contributed by atoms with E-state index in [1.165, 1.54) is 6.33 Å². The van der Waals surface area contributed by atoms with Gasteiger partial charge in [-0.1, -0.05) is 24.3 Å². The second kappa shape index (κ2) is 8.52. The maximum atomic E-state index is 12.9. The number of benzene rings is 2. The molecule has 6 nitrogen and oxygen atoms in total. The molecule has 0 bridgehead atoms. The number of nitrogens with zero attached hydrogens (tertiary/aromatic N) is 4. The SMILES string of the molecule is Cc1cc(-c2ccncc2)ccc1-c1nccc2cc(S(=O)(=O)Cc3ccncn3)ccc12. The van der Waals surface area contributed by atoms with E-state index < -0.39 is 9.84 Å². The van der Waals surface area contributed by atoms with Crippen molar-refractivity contribution in [3.8, 4) is 22.4 Å². The van der Waals surface area contributed by atoms with Crippen molar-refractivity contribution in [1.82, 2.24) is 19.9 Å². The summed E-state index contributed by atoms with van der Waals surface area (Å²) in [6, 6.07) is 18.9. The zero-order valence-corrected chi connectivity index (χ0v) is 18.7. The molecule has 0 unspecified atom stereocenters. The molecule has 0 radical (unpaired) electrons. The molecule has 5 aromatic rings. The minimum Gasteiger partial charge on any atom is -0.265 e. The van der Waals surface area contributed by atoms with Gasteiger partial charge in [0.15, 0.2) is 9.84 Å². The van der Waals surface area contributed by atoms with E-state index in [1.807, 2.05) is 24.3 Å². The number of sulfone groups is 1. The van der Waals surface area contributed by atoms with Crippen molar-refractivity contribution in [2.45, 2.75) is 17.6 Å². The number of rotatable bonds is 5. The summed E-state index contributed by atoms with van der Waals surface area (Å²) >= 11 is 0. The smallest absolute Gasteiger partial charge is 0.184 e. The molecular formula is C26H20N4O2S. The summed E-state index contributed by atoms with van der Waals surface area (Å²) in [6.45, 7) is 2.06. The first kappa shape index (κ1) is 20.9. The maximum Gasteiger partial charge on any atom is 0.184 e. The van der Waals surface area contributed by atoms with Crippen LogP contribution in [0.5, 0.6) is 0 Å². The number of aryl methyl sites for hydroxylation is 1. The molecule has 162 valence electrons. The zero-order valence-electron chi connectivity index (χ0n) is 17.9. The molecule has 0 spiro atoms. The van der Waals surface area contributed by atoms with Crippen LogP contribution in [0.1, 0.15) is 11.3 Å². The summed E-state index contributed by atoms with van der Waals surface area (Å²) in [6.07, 6.45) is 8.17. The number of hydrogen-bond acceptors (Lipinski definition) is 6. The average molecular weight is 453 g/mol. The van der Waals surface area contributed by atoms with Crippen molar-refractivity contribution in [3.63, 3.8) is 0 Å². The van der Waals surface area contributed by atoms with Gasteiger partial charge in [0.25, 0.3) is 0 Å². The van der Waals surface area contributed by atoms with Gasteiger partial charge >= 0.3 is 0 Å².